The first-order chi connectivity index (χ1) is 8.78. The second-order valence-corrected chi connectivity index (χ2v) is 4.98. The van der Waals surface area contributed by atoms with E-state index in [0.29, 0.717) is 5.92 Å². The first-order valence-electron chi connectivity index (χ1n) is 6.41. The van der Waals surface area contributed by atoms with Crippen LogP contribution in [0.5, 0.6) is 0 Å². The number of rotatable bonds is 2. The van der Waals surface area contributed by atoms with Crippen molar-refractivity contribution < 1.29 is 4.79 Å². The normalized spacial score (nSPS) is 17.3. The van der Waals surface area contributed by atoms with E-state index in [1.165, 1.54) is 5.56 Å². The van der Waals surface area contributed by atoms with Gasteiger partial charge in [0.15, 0.2) is 0 Å². The molecule has 0 radical (unpaired) electrons. The number of carbonyl (C=O) groups is 1. The number of amides is 1. The van der Waals surface area contributed by atoms with Gasteiger partial charge in [0, 0.05) is 19.3 Å². The fourth-order valence-corrected chi connectivity index (χ4v) is 2.74. The summed E-state index contributed by atoms with van der Waals surface area (Å²) in [5, 5.41) is 0. The summed E-state index contributed by atoms with van der Waals surface area (Å²) >= 11 is 0. The molecule has 18 heavy (non-hydrogen) atoms. The van der Waals surface area contributed by atoms with E-state index >= 15 is 0 Å². The molecular weight excluding hydrogens is 226 g/mol. The highest BCUT2D eigenvalue weighted by Crippen LogP contribution is 2.28. The van der Waals surface area contributed by atoms with Crippen molar-refractivity contribution in [2.45, 2.75) is 25.7 Å². The second kappa shape index (κ2) is 4.44. The lowest BCUT2D eigenvalue weighted by molar-refractivity contribution is -0.119. The summed E-state index contributed by atoms with van der Waals surface area (Å²) in [6.45, 7) is 3.75. The van der Waals surface area contributed by atoms with E-state index in [-0.39, 0.29) is 0 Å². The molecule has 94 valence electrons. The van der Waals surface area contributed by atoms with Gasteiger partial charge in [-0.05, 0) is 43.4 Å². The number of pyridine rings is 1. The van der Waals surface area contributed by atoms with E-state index in [9.17, 15) is 4.79 Å². The maximum absolute atomic E-state index is 10.7. The molecule has 1 amide bonds. The summed E-state index contributed by atoms with van der Waals surface area (Å²) in [5.41, 5.74) is 2.52. The quantitative estimate of drug-likeness (QED) is 0.756. The van der Waals surface area contributed by atoms with Crippen LogP contribution in [0.1, 0.15) is 30.1 Å². The smallest absolute Gasteiger partial charge is 0.209 e. The lowest BCUT2D eigenvalue weighted by atomic mass is 9.90. The molecule has 1 aliphatic heterocycles. The largest absolute Gasteiger partial charge is 0.345 e. The summed E-state index contributed by atoms with van der Waals surface area (Å²) in [6.07, 6.45) is 7.09. The molecule has 0 atom stereocenters. The molecule has 1 fully saturated rings. The van der Waals surface area contributed by atoms with Crippen LogP contribution in [0.25, 0.3) is 5.52 Å². The van der Waals surface area contributed by atoms with Crippen molar-refractivity contribution >= 4 is 11.9 Å². The number of carbonyl (C=O) groups excluding carboxylic acids is 1. The molecule has 0 aromatic carbocycles. The maximum Gasteiger partial charge on any atom is 0.209 e. The van der Waals surface area contributed by atoms with Crippen LogP contribution in [0, 0.1) is 6.92 Å². The molecule has 2 aromatic rings. The zero-order valence-corrected chi connectivity index (χ0v) is 10.5. The summed E-state index contributed by atoms with van der Waals surface area (Å²) in [7, 11) is 0. The van der Waals surface area contributed by atoms with Crippen LogP contribution in [0.15, 0.2) is 24.5 Å². The lowest BCUT2D eigenvalue weighted by Gasteiger charge is -2.29. The lowest BCUT2D eigenvalue weighted by Crippen LogP contribution is -2.31. The second-order valence-electron chi connectivity index (χ2n) is 4.98. The number of piperidine rings is 1. The first-order valence-corrected chi connectivity index (χ1v) is 6.41. The molecule has 4 heteroatoms. The Labute approximate surface area is 106 Å². The van der Waals surface area contributed by atoms with Crippen molar-refractivity contribution in [2.24, 2.45) is 0 Å². The van der Waals surface area contributed by atoms with Gasteiger partial charge >= 0.3 is 0 Å². The molecule has 0 saturated carbocycles. The van der Waals surface area contributed by atoms with Gasteiger partial charge in [-0.25, -0.2) is 4.98 Å². The number of aromatic nitrogens is 2. The van der Waals surface area contributed by atoms with Crippen molar-refractivity contribution in [1.29, 1.82) is 0 Å². The Morgan fingerprint density at radius 1 is 1.39 bits per heavy atom. The van der Waals surface area contributed by atoms with Crippen LogP contribution in [0.2, 0.25) is 0 Å². The highest BCUT2D eigenvalue weighted by atomic mass is 16.1. The van der Waals surface area contributed by atoms with E-state index in [4.69, 9.17) is 0 Å². The number of aryl methyl sites for hydroxylation is 1. The molecule has 3 rings (SSSR count). The number of hydrogen-bond acceptors (Lipinski definition) is 2. The number of nitrogens with zero attached hydrogens (tertiary/aromatic N) is 3. The fourth-order valence-electron chi connectivity index (χ4n) is 2.74. The zero-order valence-electron chi connectivity index (χ0n) is 10.5. The Kier molecular flexibility index (Phi) is 2.78. The van der Waals surface area contributed by atoms with Crippen LogP contribution >= 0.6 is 0 Å². The molecule has 4 nitrogen and oxygen atoms in total. The van der Waals surface area contributed by atoms with Gasteiger partial charge in [0.05, 0.1) is 11.7 Å². The zero-order chi connectivity index (χ0) is 12.5. The third kappa shape index (κ3) is 1.88. The minimum absolute atomic E-state index is 0.571. The van der Waals surface area contributed by atoms with E-state index < -0.39 is 0 Å². The molecule has 1 saturated heterocycles. The van der Waals surface area contributed by atoms with Crippen molar-refractivity contribution in [1.82, 2.24) is 14.3 Å². The van der Waals surface area contributed by atoms with E-state index in [2.05, 4.69) is 27.7 Å². The van der Waals surface area contributed by atoms with Crippen molar-refractivity contribution in [3.63, 3.8) is 0 Å². The summed E-state index contributed by atoms with van der Waals surface area (Å²) in [4.78, 5) is 16.9. The van der Waals surface area contributed by atoms with Crippen LogP contribution in [0.3, 0.4) is 0 Å². The third-order valence-electron chi connectivity index (χ3n) is 3.89. The minimum atomic E-state index is 0.571. The van der Waals surface area contributed by atoms with Gasteiger partial charge in [0.2, 0.25) is 6.41 Å². The molecule has 0 bridgehead atoms. The maximum atomic E-state index is 10.7. The highest BCUT2D eigenvalue weighted by molar-refractivity contribution is 5.50. The molecule has 0 N–H and O–H groups in total. The fraction of sp³-hybridized carbons (Fsp3) is 0.429. The van der Waals surface area contributed by atoms with E-state index in [1.54, 1.807) is 0 Å². The number of imidazole rings is 1. The van der Waals surface area contributed by atoms with Crippen LogP contribution in [-0.2, 0) is 4.79 Å². The minimum Gasteiger partial charge on any atom is -0.345 e. The van der Waals surface area contributed by atoms with Crippen molar-refractivity contribution in [2.75, 3.05) is 13.1 Å². The third-order valence-corrected chi connectivity index (χ3v) is 3.89. The summed E-state index contributed by atoms with van der Waals surface area (Å²) in [5.74, 6) is 1.59. The topological polar surface area (TPSA) is 37.6 Å². The molecule has 1 aliphatic rings. The molecule has 0 aliphatic carbocycles. The van der Waals surface area contributed by atoms with Gasteiger partial charge in [-0.15, -0.1) is 0 Å². The van der Waals surface area contributed by atoms with Crippen LogP contribution in [-0.4, -0.2) is 33.8 Å². The SMILES string of the molecule is Cc1ncc2cc(C3CCN(C=O)CC3)ccn12. The predicted octanol–water partition coefficient (Wildman–Crippen LogP) is 1.98. The van der Waals surface area contributed by atoms with Gasteiger partial charge in [-0.3, -0.25) is 4.79 Å². The Morgan fingerprint density at radius 2 is 2.17 bits per heavy atom. The highest BCUT2D eigenvalue weighted by Gasteiger charge is 2.19. The Bertz CT molecular complexity index is 567. The van der Waals surface area contributed by atoms with E-state index in [1.807, 2.05) is 18.0 Å². The Morgan fingerprint density at radius 3 is 2.89 bits per heavy atom. The molecule has 3 heterocycles. The summed E-state index contributed by atoms with van der Waals surface area (Å²) < 4.78 is 2.10. The molecule has 0 spiro atoms. The molecule has 2 aromatic heterocycles. The van der Waals surface area contributed by atoms with Gasteiger partial charge in [-0.2, -0.15) is 0 Å². The van der Waals surface area contributed by atoms with Crippen LogP contribution < -0.4 is 0 Å². The number of likely N-dealkylation sites (tertiary alicyclic amines) is 1. The first kappa shape index (κ1) is 11.3. The average molecular weight is 243 g/mol. The Hall–Kier alpha value is -1.84. The van der Waals surface area contributed by atoms with Crippen molar-refractivity contribution in [3.05, 3.63) is 35.9 Å². The summed E-state index contributed by atoms with van der Waals surface area (Å²) in [6, 6.07) is 4.41. The number of fused-ring (bicyclic) bond motifs is 1. The van der Waals surface area contributed by atoms with Crippen molar-refractivity contribution in [3.8, 4) is 0 Å². The van der Waals surface area contributed by atoms with Gasteiger partial charge in [-0.1, -0.05) is 0 Å². The van der Waals surface area contributed by atoms with Gasteiger partial charge in [0.25, 0.3) is 0 Å². The monoisotopic (exact) mass is 243 g/mol. The Balaban J connectivity index is 1.84. The van der Waals surface area contributed by atoms with E-state index in [0.717, 1.165) is 43.7 Å². The number of hydrogen-bond donors (Lipinski definition) is 0. The standard InChI is InChI=1S/C14H17N3O/c1-11-15-9-14-8-13(4-7-17(11)14)12-2-5-16(10-18)6-3-12/h4,7-10,12H,2-3,5-6H2,1H3. The average Bonchev–Trinajstić information content (AvgIpc) is 2.80. The molecular formula is C14H17N3O. The predicted molar refractivity (Wildman–Crippen MR) is 69.5 cm³/mol. The van der Waals surface area contributed by atoms with Gasteiger partial charge in [0.1, 0.15) is 5.82 Å². The van der Waals surface area contributed by atoms with Crippen LogP contribution in [0.4, 0.5) is 0 Å². The molecule has 0 unspecified atom stereocenters. The van der Waals surface area contributed by atoms with Gasteiger partial charge < -0.3 is 9.30 Å².